The van der Waals surface area contributed by atoms with Crippen molar-refractivity contribution in [1.82, 2.24) is 14.9 Å². The molecule has 0 N–H and O–H groups in total. The minimum absolute atomic E-state index is 0.411. The Labute approximate surface area is 145 Å². The summed E-state index contributed by atoms with van der Waals surface area (Å²) < 4.78 is 18.2. The van der Waals surface area contributed by atoms with E-state index in [0.717, 1.165) is 22.8 Å². The fourth-order valence-electron chi connectivity index (χ4n) is 2.10. The van der Waals surface area contributed by atoms with E-state index in [0.29, 0.717) is 13.2 Å². The first kappa shape index (κ1) is 16.5. The van der Waals surface area contributed by atoms with Crippen LogP contribution in [0.2, 0.25) is 0 Å². The second-order valence-corrected chi connectivity index (χ2v) is 5.00. The summed E-state index contributed by atoms with van der Waals surface area (Å²) in [5.74, 6) is 2.23. The van der Waals surface area contributed by atoms with Crippen LogP contribution in [-0.4, -0.2) is 41.4 Å². The third-order valence-electron chi connectivity index (χ3n) is 3.31. The van der Waals surface area contributed by atoms with Crippen LogP contribution in [-0.2, 0) is 0 Å². The second-order valence-electron chi connectivity index (χ2n) is 5.00. The summed E-state index contributed by atoms with van der Waals surface area (Å²) in [5.41, 5.74) is 0.859. The highest BCUT2D eigenvalue weighted by Gasteiger charge is 2.02. The Balaban J connectivity index is 1.54. The largest absolute Gasteiger partial charge is 0.497 e. The van der Waals surface area contributed by atoms with E-state index < -0.39 is 0 Å². The van der Waals surface area contributed by atoms with Gasteiger partial charge in [0.25, 0.3) is 0 Å². The lowest BCUT2D eigenvalue weighted by Gasteiger charge is -2.10. The van der Waals surface area contributed by atoms with Crippen molar-refractivity contribution in [2.75, 3.05) is 20.3 Å². The first-order valence-electron chi connectivity index (χ1n) is 7.73. The van der Waals surface area contributed by atoms with Gasteiger partial charge >= 0.3 is 0 Å². The normalized spacial score (nSPS) is 10.8. The molecule has 0 saturated heterocycles. The van der Waals surface area contributed by atoms with Crippen molar-refractivity contribution in [3.05, 3.63) is 66.7 Å². The van der Waals surface area contributed by atoms with Gasteiger partial charge in [-0.05, 0) is 24.3 Å². The molecule has 2 aromatic carbocycles. The summed E-state index contributed by atoms with van der Waals surface area (Å²) in [6.45, 7) is 0.832. The van der Waals surface area contributed by atoms with Crippen molar-refractivity contribution < 1.29 is 14.2 Å². The number of nitrogens with zero attached hydrogens (tertiary/aromatic N) is 4. The van der Waals surface area contributed by atoms with Crippen LogP contribution in [0.5, 0.6) is 17.2 Å². The molecule has 0 unspecified atom stereocenters. The molecule has 1 aromatic heterocycles. The van der Waals surface area contributed by atoms with Gasteiger partial charge in [0.2, 0.25) is 0 Å². The Kier molecular flexibility index (Phi) is 5.60. The van der Waals surface area contributed by atoms with E-state index in [1.165, 1.54) is 17.3 Å². The third-order valence-corrected chi connectivity index (χ3v) is 3.31. The number of aromatic nitrogens is 3. The van der Waals surface area contributed by atoms with E-state index in [4.69, 9.17) is 14.2 Å². The van der Waals surface area contributed by atoms with Crippen LogP contribution in [0.25, 0.3) is 0 Å². The van der Waals surface area contributed by atoms with Crippen molar-refractivity contribution in [2.45, 2.75) is 0 Å². The second kappa shape index (κ2) is 8.49. The lowest BCUT2D eigenvalue weighted by atomic mass is 10.2. The zero-order chi connectivity index (χ0) is 17.3. The first-order chi connectivity index (χ1) is 12.3. The summed E-state index contributed by atoms with van der Waals surface area (Å²) in [6.07, 6.45) is 4.73. The molecule has 0 radical (unpaired) electrons. The molecule has 0 amide bonds. The van der Waals surface area contributed by atoms with Crippen molar-refractivity contribution >= 4 is 6.21 Å². The molecular weight excluding hydrogens is 320 g/mol. The van der Waals surface area contributed by atoms with Gasteiger partial charge in [0, 0.05) is 11.6 Å². The van der Waals surface area contributed by atoms with Crippen LogP contribution in [0, 0.1) is 0 Å². The van der Waals surface area contributed by atoms with Crippen LogP contribution in [0.3, 0.4) is 0 Å². The molecule has 0 atom stereocenters. The molecule has 0 fully saturated rings. The molecule has 0 aliphatic rings. The fraction of sp³-hybridized carbons (Fsp3) is 0.167. The first-order valence-corrected chi connectivity index (χ1v) is 7.73. The standard InChI is InChI=1S/C18H18N4O3/c1-23-16-6-4-7-17(11-16)24-9-10-25-18-8-3-2-5-15(18)12-21-22-13-19-20-14-22/h2-8,11-14H,9-10H2,1H3/b21-12-. The van der Waals surface area contributed by atoms with Crippen LogP contribution in [0.1, 0.15) is 5.56 Å². The van der Waals surface area contributed by atoms with Gasteiger partial charge in [-0.3, -0.25) is 0 Å². The lowest BCUT2D eigenvalue weighted by molar-refractivity contribution is 0.216. The van der Waals surface area contributed by atoms with Gasteiger partial charge in [-0.1, -0.05) is 18.2 Å². The molecule has 25 heavy (non-hydrogen) atoms. The van der Waals surface area contributed by atoms with Gasteiger partial charge in [0.15, 0.2) is 0 Å². The number of rotatable bonds is 8. The van der Waals surface area contributed by atoms with E-state index in [1.54, 1.807) is 13.3 Å². The molecule has 0 bridgehead atoms. The average molecular weight is 338 g/mol. The molecule has 0 aliphatic heterocycles. The highest BCUT2D eigenvalue weighted by molar-refractivity contribution is 5.83. The Bertz CT molecular complexity index is 819. The maximum Gasteiger partial charge on any atom is 0.141 e. The molecule has 1 heterocycles. The maximum atomic E-state index is 5.80. The smallest absolute Gasteiger partial charge is 0.141 e. The van der Waals surface area contributed by atoms with Crippen molar-refractivity contribution in [3.8, 4) is 17.2 Å². The maximum absolute atomic E-state index is 5.80. The van der Waals surface area contributed by atoms with Gasteiger partial charge in [-0.2, -0.15) is 5.10 Å². The minimum atomic E-state index is 0.411. The van der Waals surface area contributed by atoms with E-state index in [2.05, 4.69) is 15.3 Å². The van der Waals surface area contributed by atoms with Crippen LogP contribution < -0.4 is 14.2 Å². The Hall–Kier alpha value is -3.35. The Morgan fingerprint density at radius 1 is 0.960 bits per heavy atom. The van der Waals surface area contributed by atoms with Crippen molar-refractivity contribution in [1.29, 1.82) is 0 Å². The van der Waals surface area contributed by atoms with Gasteiger partial charge in [0.05, 0.1) is 13.3 Å². The minimum Gasteiger partial charge on any atom is -0.497 e. The SMILES string of the molecule is COc1cccc(OCCOc2ccccc2/C=N\n2cnnc2)c1. The summed E-state index contributed by atoms with van der Waals surface area (Å²) >= 11 is 0. The number of benzene rings is 2. The highest BCUT2D eigenvalue weighted by Crippen LogP contribution is 2.19. The molecule has 0 spiro atoms. The fourth-order valence-corrected chi connectivity index (χ4v) is 2.10. The molecule has 7 nitrogen and oxygen atoms in total. The van der Waals surface area contributed by atoms with Gasteiger partial charge in [0.1, 0.15) is 43.1 Å². The number of hydrogen-bond acceptors (Lipinski definition) is 6. The van der Waals surface area contributed by atoms with Crippen LogP contribution >= 0.6 is 0 Å². The molecule has 128 valence electrons. The van der Waals surface area contributed by atoms with Crippen molar-refractivity contribution in [3.63, 3.8) is 0 Å². The Morgan fingerprint density at radius 3 is 2.56 bits per heavy atom. The number of methoxy groups -OCH3 is 1. The summed E-state index contributed by atoms with van der Waals surface area (Å²) in [7, 11) is 1.63. The zero-order valence-corrected chi connectivity index (χ0v) is 13.8. The monoisotopic (exact) mass is 338 g/mol. The zero-order valence-electron chi connectivity index (χ0n) is 13.8. The predicted molar refractivity (Wildman–Crippen MR) is 93.4 cm³/mol. The molecule has 7 heteroatoms. The number of hydrogen-bond donors (Lipinski definition) is 0. The number of ether oxygens (including phenoxy) is 3. The predicted octanol–water partition coefficient (Wildman–Crippen LogP) is 2.63. The molecule has 3 rings (SSSR count). The van der Waals surface area contributed by atoms with E-state index in [1.807, 2.05) is 48.5 Å². The average Bonchev–Trinajstić information content (AvgIpc) is 3.18. The van der Waals surface area contributed by atoms with Gasteiger partial charge in [-0.15, -0.1) is 10.2 Å². The number of para-hydroxylation sites is 1. The van der Waals surface area contributed by atoms with E-state index in [-0.39, 0.29) is 0 Å². The van der Waals surface area contributed by atoms with E-state index >= 15 is 0 Å². The quantitative estimate of drug-likeness (QED) is 0.466. The van der Waals surface area contributed by atoms with Gasteiger partial charge in [-0.25, -0.2) is 4.68 Å². The molecular formula is C18H18N4O3. The lowest BCUT2D eigenvalue weighted by Crippen LogP contribution is -2.10. The van der Waals surface area contributed by atoms with Crippen LogP contribution in [0.4, 0.5) is 0 Å². The summed E-state index contributed by atoms with van der Waals surface area (Å²) in [4.78, 5) is 0. The summed E-state index contributed by atoms with van der Waals surface area (Å²) in [6, 6.07) is 15.1. The molecule has 3 aromatic rings. The Morgan fingerprint density at radius 2 is 1.72 bits per heavy atom. The highest BCUT2D eigenvalue weighted by atomic mass is 16.5. The third kappa shape index (κ3) is 4.81. The summed E-state index contributed by atoms with van der Waals surface area (Å²) in [5, 5.41) is 11.6. The topological polar surface area (TPSA) is 70.8 Å². The van der Waals surface area contributed by atoms with Crippen LogP contribution in [0.15, 0.2) is 66.3 Å². The van der Waals surface area contributed by atoms with E-state index in [9.17, 15) is 0 Å². The molecule has 0 aliphatic carbocycles. The molecule has 0 saturated carbocycles. The van der Waals surface area contributed by atoms with Crippen molar-refractivity contribution in [2.24, 2.45) is 5.10 Å². The van der Waals surface area contributed by atoms with Gasteiger partial charge < -0.3 is 14.2 Å².